The van der Waals surface area contributed by atoms with Crippen LogP contribution in [-0.4, -0.2) is 34.6 Å². The summed E-state index contributed by atoms with van der Waals surface area (Å²) in [6.45, 7) is 2.48. The Bertz CT molecular complexity index is 521. The summed E-state index contributed by atoms with van der Waals surface area (Å²) < 4.78 is 0.859. The minimum atomic E-state index is -0.944. The summed E-state index contributed by atoms with van der Waals surface area (Å²) in [7, 11) is 0. The van der Waals surface area contributed by atoms with Crippen LogP contribution in [0.25, 0.3) is 0 Å². The molecule has 108 valence electrons. The molecule has 0 aromatic heterocycles. The van der Waals surface area contributed by atoms with E-state index in [1.165, 1.54) is 4.90 Å². The minimum Gasteiger partial charge on any atom is -0.480 e. The SMILES string of the molecule is CC1CCN(C(=O)Nc2cccc(Br)c2)C(C(=O)O)C1. The summed E-state index contributed by atoms with van der Waals surface area (Å²) in [4.78, 5) is 24.9. The van der Waals surface area contributed by atoms with Crippen molar-refractivity contribution < 1.29 is 14.7 Å². The number of carbonyl (C=O) groups excluding carboxylic acids is 1. The normalized spacial score (nSPS) is 22.4. The fraction of sp³-hybridized carbons (Fsp3) is 0.429. The number of benzene rings is 1. The molecular weight excluding hydrogens is 324 g/mol. The van der Waals surface area contributed by atoms with Crippen molar-refractivity contribution in [2.24, 2.45) is 5.92 Å². The molecule has 2 amide bonds. The van der Waals surface area contributed by atoms with E-state index in [9.17, 15) is 14.7 Å². The van der Waals surface area contributed by atoms with Gasteiger partial charge in [0.1, 0.15) is 6.04 Å². The molecule has 1 fully saturated rings. The molecule has 5 nitrogen and oxygen atoms in total. The second kappa shape index (κ2) is 6.26. The molecule has 0 radical (unpaired) electrons. The van der Waals surface area contributed by atoms with Gasteiger partial charge in [-0.2, -0.15) is 0 Å². The number of likely N-dealkylation sites (tertiary alicyclic amines) is 1. The number of hydrogen-bond donors (Lipinski definition) is 2. The van der Waals surface area contributed by atoms with Gasteiger partial charge in [-0.1, -0.05) is 28.9 Å². The fourth-order valence-electron chi connectivity index (χ4n) is 2.38. The first-order valence-corrected chi connectivity index (χ1v) is 7.32. The number of nitrogens with one attached hydrogen (secondary N) is 1. The standard InChI is InChI=1S/C14H17BrN2O3/c1-9-5-6-17(12(7-9)13(18)19)14(20)16-11-4-2-3-10(15)8-11/h2-4,8-9,12H,5-7H2,1H3,(H,16,20)(H,18,19). The lowest BCUT2D eigenvalue weighted by Gasteiger charge is -2.35. The predicted molar refractivity (Wildman–Crippen MR) is 79.7 cm³/mol. The number of carboxylic acid groups (broad SMARTS) is 1. The maximum atomic E-state index is 12.2. The summed E-state index contributed by atoms with van der Waals surface area (Å²) in [6.07, 6.45) is 1.33. The molecular formula is C14H17BrN2O3. The Hall–Kier alpha value is -1.56. The Morgan fingerprint density at radius 2 is 2.20 bits per heavy atom. The molecule has 0 aliphatic carbocycles. The summed E-state index contributed by atoms with van der Waals surface area (Å²) in [5.74, 6) is -0.619. The van der Waals surface area contributed by atoms with Crippen LogP contribution in [0, 0.1) is 5.92 Å². The van der Waals surface area contributed by atoms with Crippen LogP contribution in [0.4, 0.5) is 10.5 Å². The average molecular weight is 341 g/mol. The first-order chi connectivity index (χ1) is 9.47. The van der Waals surface area contributed by atoms with Crippen molar-refractivity contribution in [3.63, 3.8) is 0 Å². The van der Waals surface area contributed by atoms with Crippen LogP contribution in [0.1, 0.15) is 19.8 Å². The second-order valence-electron chi connectivity index (χ2n) is 5.12. The summed E-state index contributed by atoms with van der Waals surface area (Å²) >= 11 is 3.33. The van der Waals surface area contributed by atoms with E-state index in [1.54, 1.807) is 12.1 Å². The van der Waals surface area contributed by atoms with Crippen molar-refractivity contribution in [1.82, 2.24) is 4.90 Å². The third kappa shape index (κ3) is 3.50. The molecule has 0 spiro atoms. The molecule has 2 unspecified atom stereocenters. The number of halogens is 1. The molecule has 1 saturated heterocycles. The largest absolute Gasteiger partial charge is 0.480 e. The zero-order chi connectivity index (χ0) is 14.7. The Morgan fingerprint density at radius 3 is 2.85 bits per heavy atom. The highest BCUT2D eigenvalue weighted by molar-refractivity contribution is 9.10. The number of carboxylic acids is 1. The first kappa shape index (κ1) is 14.8. The van der Waals surface area contributed by atoms with Crippen molar-refractivity contribution in [2.75, 3.05) is 11.9 Å². The van der Waals surface area contributed by atoms with E-state index in [4.69, 9.17) is 0 Å². The van der Waals surface area contributed by atoms with Gasteiger partial charge < -0.3 is 15.3 Å². The van der Waals surface area contributed by atoms with Gasteiger partial charge in [0, 0.05) is 16.7 Å². The molecule has 1 aromatic carbocycles. The van der Waals surface area contributed by atoms with E-state index in [-0.39, 0.29) is 6.03 Å². The zero-order valence-corrected chi connectivity index (χ0v) is 12.8. The molecule has 0 bridgehead atoms. The van der Waals surface area contributed by atoms with Gasteiger partial charge in [-0.15, -0.1) is 0 Å². The van der Waals surface area contributed by atoms with Gasteiger partial charge in [0.25, 0.3) is 0 Å². The Balaban J connectivity index is 2.09. The van der Waals surface area contributed by atoms with Gasteiger partial charge in [0.15, 0.2) is 0 Å². The fourth-order valence-corrected chi connectivity index (χ4v) is 2.78. The zero-order valence-electron chi connectivity index (χ0n) is 11.2. The Labute approximate surface area is 126 Å². The molecule has 2 rings (SSSR count). The van der Waals surface area contributed by atoms with Crippen LogP contribution in [0.2, 0.25) is 0 Å². The highest BCUT2D eigenvalue weighted by Crippen LogP contribution is 2.24. The Morgan fingerprint density at radius 1 is 1.45 bits per heavy atom. The number of nitrogens with zero attached hydrogens (tertiary/aromatic N) is 1. The number of hydrogen-bond acceptors (Lipinski definition) is 2. The number of anilines is 1. The summed E-state index contributed by atoms with van der Waals surface area (Å²) in [6, 6.07) is 6.12. The quantitative estimate of drug-likeness (QED) is 0.868. The molecule has 1 aliphatic rings. The number of amides is 2. The predicted octanol–water partition coefficient (Wildman–Crippen LogP) is 3.17. The number of rotatable bonds is 2. The van der Waals surface area contributed by atoms with Crippen LogP contribution in [0.15, 0.2) is 28.7 Å². The van der Waals surface area contributed by atoms with Crippen LogP contribution in [-0.2, 0) is 4.79 Å². The van der Waals surface area contributed by atoms with Crippen LogP contribution < -0.4 is 5.32 Å². The molecule has 0 saturated carbocycles. The van der Waals surface area contributed by atoms with E-state index in [1.807, 2.05) is 19.1 Å². The topological polar surface area (TPSA) is 69.6 Å². The van der Waals surface area contributed by atoms with E-state index in [0.717, 1.165) is 10.9 Å². The van der Waals surface area contributed by atoms with Gasteiger partial charge in [0.2, 0.25) is 0 Å². The lowest BCUT2D eigenvalue weighted by Crippen LogP contribution is -2.51. The lowest BCUT2D eigenvalue weighted by molar-refractivity contribution is -0.143. The molecule has 20 heavy (non-hydrogen) atoms. The molecule has 1 heterocycles. The average Bonchev–Trinajstić information content (AvgIpc) is 2.38. The van der Waals surface area contributed by atoms with Crippen LogP contribution >= 0.6 is 15.9 Å². The first-order valence-electron chi connectivity index (χ1n) is 6.53. The van der Waals surface area contributed by atoms with Gasteiger partial charge in [0.05, 0.1) is 0 Å². The number of aliphatic carboxylic acids is 1. The smallest absolute Gasteiger partial charge is 0.326 e. The molecule has 2 N–H and O–H groups in total. The highest BCUT2D eigenvalue weighted by Gasteiger charge is 2.34. The van der Waals surface area contributed by atoms with Crippen molar-refractivity contribution in [1.29, 1.82) is 0 Å². The van der Waals surface area contributed by atoms with E-state index in [0.29, 0.717) is 24.6 Å². The van der Waals surface area contributed by atoms with E-state index >= 15 is 0 Å². The number of urea groups is 1. The monoisotopic (exact) mass is 340 g/mol. The van der Waals surface area contributed by atoms with Gasteiger partial charge in [-0.3, -0.25) is 0 Å². The third-order valence-corrected chi connectivity index (χ3v) is 3.98. The second-order valence-corrected chi connectivity index (χ2v) is 6.03. The van der Waals surface area contributed by atoms with Crippen molar-refractivity contribution in [2.45, 2.75) is 25.8 Å². The molecule has 1 aliphatic heterocycles. The third-order valence-electron chi connectivity index (χ3n) is 3.49. The van der Waals surface area contributed by atoms with Crippen molar-refractivity contribution in [3.05, 3.63) is 28.7 Å². The van der Waals surface area contributed by atoms with Gasteiger partial charge >= 0.3 is 12.0 Å². The van der Waals surface area contributed by atoms with Crippen molar-refractivity contribution >= 4 is 33.6 Å². The molecule has 6 heteroatoms. The van der Waals surface area contributed by atoms with E-state index < -0.39 is 12.0 Å². The van der Waals surface area contributed by atoms with Gasteiger partial charge in [-0.05, 0) is 37.0 Å². The Kier molecular flexibility index (Phi) is 4.65. The summed E-state index contributed by atoms with van der Waals surface area (Å²) in [5, 5.41) is 12.0. The summed E-state index contributed by atoms with van der Waals surface area (Å²) in [5.41, 5.74) is 0.645. The maximum Gasteiger partial charge on any atom is 0.326 e. The molecule has 1 aromatic rings. The highest BCUT2D eigenvalue weighted by atomic mass is 79.9. The van der Waals surface area contributed by atoms with Crippen LogP contribution in [0.3, 0.4) is 0 Å². The minimum absolute atomic E-state index is 0.325. The van der Waals surface area contributed by atoms with E-state index in [2.05, 4.69) is 21.2 Å². The van der Waals surface area contributed by atoms with Crippen molar-refractivity contribution in [3.8, 4) is 0 Å². The van der Waals surface area contributed by atoms with Gasteiger partial charge in [-0.25, -0.2) is 9.59 Å². The maximum absolute atomic E-state index is 12.2. The van der Waals surface area contributed by atoms with Crippen LogP contribution in [0.5, 0.6) is 0 Å². The number of carbonyl (C=O) groups is 2. The number of piperidine rings is 1. The lowest BCUT2D eigenvalue weighted by atomic mass is 9.93. The molecule has 2 atom stereocenters.